The molecule has 158 valence electrons. The molecule has 1 aromatic carbocycles. The van der Waals surface area contributed by atoms with Gasteiger partial charge in [0.1, 0.15) is 18.2 Å². The van der Waals surface area contributed by atoms with Gasteiger partial charge in [-0.2, -0.15) is 18.3 Å². The summed E-state index contributed by atoms with van der Waals surface area (Å²) < 4.78 is 52.4. The number of H-pyrrole nitrogens is 1. The molecule has 0 spiro atoms. The van der Waals surface area contributed by atoms with Gasteiger partial charge in [0.2, 0.25) is 5.91 Å². The minimum absolute atomic E-state index is 0.00142. The zero-order valence-electron chi connectivity index (χ0n) is 15.7. The summed E-state index contributed by atoms with van der Waals surface area (Å²) in [4.78, 5) is 18.5. The number of aromatic amines is 1. The van der Waals surface area contributed by atoms with Gasteiger partial charge < -0.3 is 19.1 Å². The Labute approximate surface area is 165 Å². The highest BCUT2D eigenvalue weighted by molar-refractivity contribution is 5.77. The molecule has 0 radical (unpaired) electrons. The lowest BCUT2D eigenvalue weighted by molar-refractivity contribution is -0.153. The lowest BCUT2D eigenvalue weighted by Crippen LogP contribution is -2.44. The number of amides is 1. The Kier molecular flexibility index (Phi) is 6.57. The van der Waals surface area contributed by atoms with Crippen LogP contribution < -0.4 is 9.47 Å². The molecule has 0 bridgehead atoms. The van der Waals surface area contributed by atoms with Crippen LogP contribution in [0.15, 0.2) is 24.5 Å². The highest BCUT2D eigenvalue weighted by Gasteiger charge is 2.31. The van der Waals surface area contributed by atoms with E-state index in [1.807, 2.05) is 0 Å². The zero-order chi connectivity index (χ0) is 20.9. The van der Waals surface area contributed by atoms with Crippen LogP contribution in [0, 0.1) is 0 Å². The normalized spacial score (nSPS) is 17.2. The maximum Gasteiger partial charge on any atom is 0.422 e. The number of rotatable bonds is 7. The van der Waals surface area contributed by atoms with Crippen molar-refractivity contribution in [2.45, 2.75) is 25.1 Å². The third-order valence-electron chi connectivity index (χ3n) is 4.45. The quantitative estimate of drug-likeness (QED) is 0.748. The summed E-state index contributed by atoms with van der Waals surface area (Å²) in [5, 5.41) is 6.58. The largest absolute Gasteiger partial charge is 0.493 e. The van der Waals surface area contributed by atoms with Crippen molar-refractivity contribution < 1.29 is 32.2 Å². The molecule has 2 aromatic rings. The number of nitrogens with zero attached hydrogens (tertiary/aromatic N) is 3. The lowest BCUT2D eigenvalue weighted by Gasteiger charge is -2.34. The van der Waals surface area contributed by atoms with Crippen LogP contribution in [-0.4, -0.2) is 65.6 Å². The van der Waals surface area contributed by atoms with E-state index in [9.17, 15) is 18.0 Å². The number of ether oxygens (including phenoxy) is 3. The summed E-state index contributed by atoms with van der Waals surface area (Å²) in [5.74, 6) is 0.667. The topological polar surface area (TPSA) is 89.6 Å². The first-order valence-corrected chi connectivity index (χ1v) is 8.96. The molecule has 1 atom stereocenters. The molecule has 2 heterocycles. The van der Waals surface area contributed by atoms with E-state index in [-0.39, 0.29) is 29.9 Å². The van der Waals surface area contributed by atoms with Gasteiger partial charge in [-0.3, -0.25) is 9.89 Å². The predicted octanol–water partition coefficient (Wildman–Crippen LogP) is 2.29. The highest BCUT2D eigenvalue weighted by atomic mass is 19.4. The molecular formula is C18H21F3N4O4. The van der Waals surface area contributed by atoms with E-state index in [0.717, 1.165) is 5.56 Å². The van der Waals surface area contributed by atoms with E-state index in [1.54, 1.807) is 17.0 Å². The van der Waals surface area contributed by atoms with Crippen LogP contribution in [0.25, 0.3) is 0 Å². The van der Waals surface area contributed by atoms with Crippen LogP contribution >= 0.6 is 0 Å². The first kappa shape index (κ1) is 20.9. The average Bonchev–Trinajstić information content (AvgIpc) is 3.24. The van der Waals surface area contributed by atoms with Crippen molar-refractivity contribution in [3.05, 3.63) is 35.9 Å². The van der Waals surface area contributed by atoms with Gasteiger partial charge in [0.25, 0.3) is 0 Å². The van der Waals surface area contributed by atoms with Crippen molar-refractivity contribution in [3.8, 4) is 11.5 Å². The molecule has 11 heteroatoms. The number of hydrogen-bond acceptors (Lipinski definition) is 6. The van der Waals surface area contributed by atoms with Crippen molar-refractivity contribution in [1.82, 2.24) is 20.1 Å². The van der Waals surface area contributed by atoms with E-state index in [2.05, 4.69) is 15.2 Å². The second-order valence-electron chi connectivity index (χ2n) is 6.44. The number of nitrogens with one attached hydrogen (secondary N) is 1. The Morgan fingerprint density at radius 1 is 1.38 bits per heavy atom. The monoisotopic (exact) mass is 414 g/mol. The van der Waals surface area contributed by atoms with E-state index >= 15 is 0 Å². The van der Waals surface area contributed by atoms with Gasteiger partial charge in [-0.15, -0.1) is 0 Å². The van der Waals surface area contributed by atoms with Gasteiger partial charge in [-0.25, -0.2) is 4.98 Å². The molecule has 0 saturated carbocycles. The molecule has 1 aliphatic heterocycles. The van der Waals surface area contributed by atoms with E-state index in [0.29, 0.717) is 32.0 Å². The molecule has 3 rings (SSSR count). The van der Waals surface area contributed by atoms with Crippen molar-refractivity contribution in [2.24, 2.45) is 0 Å². The lowest BCUT2D eigenvalue weighted by atomic mass is 10.1. The van der Waals surface area contributed by atoms with Crippen molar-refractivity contribution in [1.29, 1.82) is 0 Å². The minimum Gasteiger partial charge on any atom is -0.493 e. The van der Waals surface area contributed by atoms with Crippen LogP contribution in [0.4, 0.5) is 13.2 Å². The summed E-state index contributed by atoms with van der Waals surface area (Å²) in [6, 6.07) is 4.28. The fraction of sp³-hybridized carbons (Fsp3) is 0.500. The number of hydrogen-bond donors (Lipinski definition) is 1. The Morgan fingerprint density at radius 2 is 2.21 bits per heavy atom. The zero-order valence-corrected chi connectivity index (χ0v) is 15.7. The number of carbonyl (C=O) groups excluding carboxylic acids is 1. The van der Waals surface area contributed by atoms with Gasteiger partial charge in [0.15, 0.2) is 18.1 Å². The summed E-state index contributed by atoms with van der Waals surface area (Å²) in [6.07, 6.45) is -2.44. The third kappa shape index (κ3) is 5.59. The van der Waals surface area contributed by atoms with Crippen LogP contribution in [-0.2, 0) is 16.0 Å². The molecule has 1 N–H and O–H groups in total. The summed E-state index contributed by atoms with van der Waals surface area (Å²) in [6.45, 7) is -0.186. The van der Waals surface area contributed by atoms with E-state index in [1.165, 1.54) is 19.5 Å². The summed E-state index contributed by atoms with van der Waals surface area (Å²) in [7, 11) is 1.35. The smallest absolute Gasteiger partial charge is 0.422 e. The highest BCUT2D eigenvalue weighted by Crippen LogP contribution is 2.30. The Balaban J connectivity index is 1.62. The summed E-state index contributed by atoms with van der Waals surface area (Å²) in [5.41, 5.74) is 0.749. The first-order chi connectivity index (χ1) is 13.9. The molecule has 1 aliphatic rings. The number of aromatic nitrogens is 3. The molecule has 1 saturated heterocycles. The number of carbonyl (C=O) groups is 1. The van der Waals surface area contributed by atoms with E-state index < -0.39 is 12.8 Å². The fourth-order valence-electron chi connectivity index (χ4n) is 3.05. The van der Waals surface area contributed by atoms with Crippen molar-refractivity contribution >= 4 is 5.91 Å². The Hall–Kier alpha value is -2.82. The maximum atomic E-state index is 12.7. The van der Waals surface area contributed by atoms with Crippen LogP contribution in [0.1, 0.15) is 23.9 Å². The number of aryl methyl sites for hydroxylation is 1. The van der Waals surface area contributed by atoms with Crippen LogP contribution in [0.3, 0.4) is 0 Å². The molecule has 0 aliphatic carbocycles. The average molecular weight is 414 g/mol. The number of morpholine rings is 1. The molecule has 0 unspecified atom stereocenters. The van der Waals surface area contributed by atoms with Crippen LogP contribution in [0.5, 0.6) is 11.5 Å². The molecule has 8 nitrogen and oxygen atoms in total. The van der Waals surface area contributed by atoms with Gasteiger partial charge in [0, 0.05) is 13.0 Å². The maximum absolute atomic E-state index is 12.7. The SMILES string of the molecule is COc1cc(CCC(=O)N2CCOC[C@H]2c2ncn[nH]2)ccc1OCC(F)(F)F. The Morgan fingerprint density at radius 3 is 2.90 bits per heavy atom. The van der Waals surface area contributed by atoms with Crippen molar-refractivity contribution in [2.75, 3.05) is 33.5 Å². The molecule has 29 heavy (non-hydrogen) atoms. The van der Waals surface area contributed by atoms with Gasteiger partial charge >= 0.3 is 6.18 Å². The molecular weight excluding hydrogens is 393 g/mol. The summed E-state index contributed by atoms with van der Waals surface area (Å²) >= 11 is 0. The number of methoxy groups -OCH3 is 1. The van der Waals surface area contributed by atoms with E-state index in [4.69, 9.17) is 14.2 Å². The van der Waals surface area contributed by atoms with Gasteiger partial charge in [-0.05, 0) is 24.1 Å². The second kappa shape index (κ2) is 9.12. The number of benzene rings is 1. The fourth-order valence-corrected chi connectivity index (χ4v) is 3.05. The van der Waals surface area contributed by atoms with Gasteiger partial charge in [-0.1, -0.05) is 6.07 Å². The Bertz CT molecular complexity index is 814. The predicted molar refractivity (Wildman–Crippen MR) is 94.5 cm³/mol. The van der Waals surface area contributed by atoms with Crippen molar-refractivity contribution in [3.63, 3.8) is 0 Å². The minimum atomic E-state index is -4.44. The third-order valence-corrected chi connectivity index (χ3v) is 4.45. The number of halogens is 3. The number of alkyl halides is 3. The van der Waals surface area contributed by atoms with Crippen LogP contribution in [0.2, 0.25) is 0 Å². The second-order valence-corrected chi connectivity index (χ2v) is 6.44. The standard InChI is InChI=1S/C18H21F3N4O4/c1-27-15-8-12(2-4-14(15)29-10-18(19,20)21)3-5-16(26)25-6-7-28-9-13(25)17-22-11-23-24-17/h2,4,8,11,13H,3,5-7,9-10H2,1H3,(H,22,23,24)/t13-/m0/s1. The molecule has 1 fully saturated rings. The molecule has 1 amide bonds. The first-order valence-electron chi connectivity index (χ1n) is 8.96. The molecule has 1 aromatic heterocycles. The van der Waals surface area contributed by atoms with Gasteiger partial charge in [0.05, 0.1) is 20.3 Å².